The third-order valence-corrected chi connectivity index (χ3v) is 8.44. The fraction of sp³-hybridized carbons (Fsp3) is 0.722. The summed E-state index contributed by atoms with van der Waals surface area (Å²) >= 11 is 1.13. The summed E-state index contributed by atoms with van der Waals surface area (Å²) < 4.78 is 27.1. The van der Waals surface area contributed by atoms with Crippen LogP contribution in [0.25, 0.3) is 0 Å². The number of nitrogens with zero attached hydrogens (tertiary/aromatic N) is 2. The minimum Gasteiger partial charge on any atom is -0.392 e. The van der Waals surface area contributed by atoms with Gasteiger partial charge >= 0.3 is 0 Å². The molecule has 9 heteroatoms. The molecule has 1 aromatic rings. The average Bonchev–Trinajstić information content (AvgIpc) is 3.18. The predicted molar refractivity (Wildman–Crippen MR) is 105 cm³/mol. The largest absolute Gasteiger partial charge is 0.392 e. The monoisotopic (exact) mass is 415 g/mol. The number of sulfonamides is 1. The van der Waals surface area contributed by atoms with E-state index in [9.17, 15) is 18.3 Å². The van der Waals surface area contributed by atoms with E-state index in [0.717, 1.165) is 50.2 Å². The summed E-state index contributed by atoms with van der Waals surface area (Å²) in [5.41, 5.74) is -0.298. The molecule has 7 nitrogen and oxygen atoms in total. The van der Waals surface area contributed by atoms with Crippen LogP contribution in [0.3, 0.4) is 0 Å². The molecule has 1 amide bonds. The summed E-state index contributed by atoms with van der Waals surface area (Å²) in [5, 5.41) is 12.4. The molecular formula is C18H29N3O4S2. The van der Waals surface area contributed by atoms with Crippen molar-refractivity contribution in [2.75, 3.05) is 39.3 Å². The van der Waals surface area contributed by atoms with Gasteiger partial charge in [0.15, 0.2) is 0 Å². The van der Waals surface area contributed by atoms with Crippen molar-refractivity contribution in [2.24, 2.45) is 5.41 Å². The molecule has 152 valence electrons. The zero-order valence-corrected chi connectivity index (χ0v) is 17.4. The van der Waals surface area contributed by atoms with Gasteiger partial charge in [0.25, 0.3) is 10.0 Å². The van der Waals surface area contributed by atoms with Gasteiger partial charge in [-0.2, -0.15) is 0 Å². The van der Waals surface area contributed by atoms with E-state index in [-0.39, 0.29) is 22.1 Å². The highest BCUT2D eigenvalue weighted by Crippen LogP contribution is 2.38. The molecule has 27 heavy (non-hydrogen) atoms. The van der Waals surface area contributed by atoms with E-state index in [2.05, 4.69) is 16.5 Å². The first-order valence-corrected chi connectivity index (χ1v) is 11.9. The molecule has 2 fully saturated rings. The first-order chi connectivity index (χ1) is 12.9. The fourth-order valence-corrected chi connectivity index (χ4v) is 6.30. The molecule has 3 rings (SSSR count). The van der Waals surface area contributed by atoms with Crippen LogP contribution in [-0.4, -0.2) is 74.6 Å². The van der Waals surface area contributed by atoms with Crippen LogP contribution in [0.5, 0.6) is 0 Å². The van der Waals surface area contributed by atoms with Crippen LogP contribution >= 0.6 is 11.3 Å². The van der Waals surface area contributed by atoms with E-state index >= 15 is 0 Å². The first kappa shape index (κ1) is 20.7. The molecule has 0 aromatic carbocycles. The number of carbonyl (C=O) groups is 1. The van der Waals surface area contributed by atoms with Crippen LogP contribution in [-0.2, 0) is 14.8 Å². The van der Waals surface area contributed by atoms with Gasteiger partial charge in [0.05, 0.1) is 12.6 Å². The van der Waals surface area contributed by atoms with Crippen LogP contribution in [0.1, 0.15) is 32.6 Å². The Labute approximate surface area is 165 Å². The second-order valence-corrected chi connectivity index (χ2v) is 10.6. The standard InChI is InChI=1S/C18H29N3O4S2/c1-2-8-20-9-4-7-18(13-20)14-21(10-6-15(18)22)16(23)12-19-27(24,25)17-5-3-11-26-17/h3,5,11,15,19,22H,2,4,6-10,12-14H2,1H3/t15-,18+/m0/s1. The van der Waals surface area contributed by atoms with Crippen LogP contribution in [0.4, 0.5) is 0 Å². The van der Waals surface area contributed by atoms with Gasteiger partial charge in [-0.1, -0.05) is 13.0 Å². The number of amides is 1. The van der Waals surface area contributed by atoms with E-state index in [0.29, 0.717) is 19.5 Å². The highest BCUT2D eigenvalue weighted by molar-refractivity contribution is 7.91. The molecule has 2 aliphatic rings. The second kappa shape index (κ2) is 8.57. The average molecular weight is 416 g/mol. The lowest BCUT2D eigenvalue weighted by molar-refractivity contribution is -0.141. The quantitative estimate of drug-likeness (QED) is 0.727. The number of thiophene rings is 1. The summed E-state index contributed by atoms with van der Waals surface area (Å²) in [5.74, 6) is -0.228. The smallest absolute Gasteiger partial charge is 0.250 e. The summed E-state index contributed by atoms with van der Waals surface area (Å²) in [6.07, 6.45) is 3.12. The molecule has 2 aliphatic heterocycles. The topological polar surface area (TPSA) is 90.0 Å². The zero-order valence-electron chi connectivity index (χ0n) is 15.8. The first-order valence-electron chi connectivity index (χ1n) is 9.58. The highest BCUT2D eigenvalue weighted by Gasteiger charge is 2.46. The van der Waals surface area contributed by atoms with Crippen molar-refractivity contribution >= 4 is 27.3 Å². The van der Waals surface area contributed by atoms with Crippen molar-refractivity contribution in [3.63, 3.8) is 0 Å². The van der Waals surface area contributed by atoms with E-state index < -0.39 is 16.1 Å². The molecule has 2 N–H and O–H groups in total. The number of hydrogen-bond acceptors (Lipinski definition) is 6. The lowest BCUT2D eigenvalue weighted by Crippen LogP contribution is -2.60. The lowest BCUT2D eigenvalue weighted by atomic mass is 9.71. The van der Waals surface area contributed by atoms with E-state index in [1.807, 2.05) is 0 Å². The van der Waals surface area contributed by atoms with Crippen molar-refractivity contribution < 1.29 is 18.3 Å². The molecule has 2 saturated heterocycles. The van der Waals surface area contributed by atoms with Crippen LogP contribution in [0, 0.1) is 5.41 Å². The Bertz CT molecular complexity index is 736. The van der Waals surface area contributed by atoms with Crippen molar-refractivity contribution in [2.45, 2.75) is 42.9 Å². The Morgan fingerprint density at radius 2 is 2.22 bits per heavy atom. The summed E-state index contributed by atoms with van der Waals surface area (Å²) in [7, 11) is -3.65. The summed E-state index contributed by atoms with van der Waals surface area (Å²) in [6.45, 7) is 5.70. The van der Waals surface area contributed by atoms with Crippen molar-refractivity contribution in [3.8, 4) is 0 Å². The highest BCUT2D eigenvalue weighted by atomic mass is 32.2. The van der Waals surface area contributed by atoms with E-state index in [1.54, 1.807) is 16.3 Å². The number of nitrogens with one attached hydrogen (secondary N) is 1. The number of aliphatic hydroxyl groups is 1. The van der Waals surface area contributed by atoms with Crippen LogP contribution < -0.4 is 4.72 Å². The Kier molecular flexibility index (Phi) is 6.58. The minimum atomic E-state index is -3.65. The zero-order chi connectivity index (χ0) is 19.5. The van der Waals surface area contributed by atoms with Gasteiger partial charge in [0.1, 0.15) is 4.21 Å². The SMILES string of the molecule is CCCN1CCC[C@@]2(C1)CN(C(=O)CNS(=O)(=O)c1cccs1)CC[C@@H]2O. The molecule has 0 saturated carbocycles. The molecule has 0 aliphatic carbocycles. The Balaban J connectivity index is 1.62. The van der Waals surface area contributed by atoms with E-state index in [1.165, 1.54) is 6.07 Å². The molecule has 3 heterocycles. The normalized spacial score (nSPS) is 27.2. The molecule has 1 aromatic heterocycles. The summed E-state index contributed by atoms with van der Waals surface area (Å²) in [4.78, 5) is 16.8. The molecule has 0 unspecified atom stereocenters. The number of likely N-dealkylation sites (tertiary alicyclic amines) is 2. The van der Waals surface area contributed by atoms with Crippen LogP contribution in [0.15, 0.2) is 21.7 Å². The van der Waals surface area contributed by atoms with Gasteiger partial charge in [-0.25, -0.2) is 13.1 Å². The van der Waals surface area contributed by atoms with Gasteiger partial charge < -0.3 is 14.9 Å². The molecular weight excluding hydrogens is 386 g/mol. The third kappa shape index (κ3) is 4.71. The van der Waals surface area contributed by atoms with Gasteiger partial charge in [-0.3, -0.25) is 4.79 Å². The second-order valence-electron chi connectivity index (χ2n) is 7.62. The number of carbonyl (C=O) groups excluding carboxylic acids is 1. The molecule has 2 atom stereocenters. The Morgan fingerprint density at radius 3 is 2.93 bits per heavy atom. The number of piperidine rings is 2. The van der Waals surface area contributed by atoms with Crippen LogP contribution in [0.2, 0.25) is 0 Å². The third-order valence-electron chi connectivity index (χ3n) is 5.64. The molecule has 0 radical (unpaired) electrons. The maximum atomic E-state index is 12.7. The van der Waals surface area contributed by atoms with Crippen molar-refractivity contribution in [1.82, 2.24) is 14.5 Å². The maximum Gasteiger partial charge on any atom is 0.250 e. The summed E-state index contributed by atoms with van der Waals surface area (Å²) in [6, 6.07) is 3.19. The Hall–Kier alpha value is -1.00. The maximum absolute atomic E-state index is 12.7. The number of rotatable bonds is 6. The lowest BCUT2D eigenvalue weighted by Gasteiger charge is -2.51. The predicted octanol–water partition coefficient (Wildman–Crippen LogP) is 1.11. The van der Waals surface area contributed by atoms with Gasteiger partial charge in [-0.15, -0.1) is 11.3 Å². The molecule has 1 spiro atoms. The van der Waals surface area contributed by atoms with E-state index in [4.69, 9.17) is 0 Å². The van der Waals surface area contributed by atoms with Gasteiger partial charge in [0.2, 0.25) is 5.91 Å². The fourth-order valence-electron chi connectivity index (χ4n) is 4.28. The van der Waals surface area contributed by atoms with Crippen molar-refractivity contribution in [3.05, 3.63) is 17.5 Å². The molecule has 0 bridgehead atoms. The minimum absolute atomic E-state index is 0.211. The number of hydrogen-bond donors (Lipinski definition) is 2. The number of aliphatic hydroxyl groups excluding tert-OH is 1. The van der Waals surface area contributed by atoms with Gasteiger partial charge in [-0.05, 0) is 50.2 Å². The Morgan fingerprint density at radius 1 is 1.41 bits per heavy atom. The van der Waals surface area contributed by atoms with Crippen molar-refractivity contribution in [1.29, 1.82) is 0 Å². The van der Waals surface area contributed by atoms with Gasteiger partial charge in [0, 0.05) is 25.0 Å².